The fourth-order valence-electron chi connectivity index (χ4n) is 3.22. The molecule has 158 valence electrons. The van der Waals surface area contributed by atoms with Crippen molar-refractivity contribution in [1.82, 2.24) is 9.99 Å². The zero-order valence-electron chi connectivity index (χ0n) is 17.6. The predicted octanol–water partition coefficient (Wildman–Crippen LogP) is 5.40. The molecule has 7 heteroatoms. The maximum Gasteiger partial charge on any atom is 0.307 e. The molecule has 0 saturated heterocycles. The van der Waals surface area contributed by atoms with Crippen LogP contribution >= 0.6 is 11.3 Å². The first kappa shape index (κ1) is 20.7. The van der Waals surface area contributed by atoms with E-state index in [1.807, 2.05) is 42.6 Å². The van der Waals surface area contributed by atoms with Gasteiger partial charge >= 0.3 is 5.91 Å². The Labute approximate surface area is 184 Å². The summed E-state index contributed by atoms with van der Waals surface area (Å²) in [6.45, 7) is 6.38. The standard InChI is InChI=1S/C24H23N3O3S/c1-16-12-13-31-23(16)14-25-26-24(28)22-11-10-21(30-22)15-29-20-8-6-19(7-9-20)27-17(2)4-5-18(27)3/h4-14H,15H2,1-3H3,(H,26,28)/b25-14+. The lowest BCUT2D eigenvalue weighted by Crippen LogP contribution is -2.16. The lowest BCUT2D eigenvalue weighted by Gasteiger charge is -2.10. The summed E-state index contributed by atoms with van der Waals surface area (Å²) in [5, 5.41) is 5.97. The van der Waals surface area contributed by atoms with Crippen LogP contribution in [0.25, 0.3) is 5.69 Å². The Morgan fingerprint density at radius 3 is 2.48 bits per heavy atom. The first-order chi connectivity index (χ1) is 15.0. The van der Waals surface area contributed by atoms with Crippen LogP contribution in [0.3, 0.4) is 0 Å². The summed E-state index contributed by atoms with van der Waals surface area (Å²) >= 11 is 1.56. The third-order valence-corrected chi connectivity index (χ3v) is 5.84. The van der Waals surface area contributed by atoms with Crippen molar-refractivity contribution in [3.8, 4) is 11.4 Å². The lowest BCUT2D eigenvalue weighted by molar-refractivity contribution is 0.0923. The molecule has 1 aromatic carbocycles. The lowest BCUT2D eigenvalue weighted by atomic mass is 10.3. The highest BCUT2D eigenvalue weighted by Gasteiger charge is 2.11. The van der Waals surface area contributed by atoms with Gasteiger partial charge in [-0.15, -0.1) is 11.3 Å². The average Bonchev–Trinajstić information content (AvgIpc) is 3.48. The molecule has 4 rings (SSSR count). The number of aryl methyl sites for hydroxylation is 3. The molecular weight excluding hydrogens is 410 g/mol. The van der Waals surface area contributed by atoms with Gasteiger partial charge in [0.1, 0.15) is 18.1 Å². The minimum absolute atomic E-state index is 0.188. The third-order valence-electron chi connectivity index (χ3n) is 4.88. The number of amides is 1. The van der Waals surface area contributed by atoms with E-state index in [0.717, 1.165) is 21.9 Å². The van der Waals surface area contributed by atoms with Crippen molar-refractivity contribution in [2.24, 2.45) is 5.10 Å². The Bertz CT molecular complexity index is 1200. The number of furan rings is 1. The Balaban J connectivity index is 1.32. The van der Waals surface area contributed by atoms with Crippen molar-refractivity contribution in [3.05, 3.63) is 93.3 Å². The van der Waals surface area contributed by atoms with Crippen LogP contribution in [0.1, 0.15) is 38.1 Å². The number of ether oxygens (including phenoxy) is 1. The summed E-state index contributed by atoms with van der Waals surface area (Å²) in [5.41, 5.74) is 7.05. The number of hydrogen-bond acceptors (Lipinski definition) is 5. The minimum Gasteiger partial charge on any atom is -0.486 e. The smallest absolute Gasteiger partial charge is 0.307 e. The second kappa shape index (κ2) is 9.06. The molecule has 0 atom stereocenters. The summed E-state index contributed by atoms with van der Waals surface area (Å²) in [6.07, 6.45) is 1.63. The number of benzene rings is 1. The van der Waals surface area contributed by atoms with Crippen molar-refractivity contribution in [3.63, 3.8) is 0 Å². The Kier molecular flexibility index (Phi) is 6.04. The molecule has 0 bridgehead atoms. The Morgan fingerprint density at radius 2 is 1.81 bits per heavy atom. The molecule has 0 radical (unpaired) electrons. The van der Waals surface area contributed by atoms with Crippen molar-refractivity contribution < 1.29 is 13.9 Å². The number of nitrogens with one attached hydrogen (secondary N) is 1. The summed E-state index contributed by atoms with van der Waals surface area (Å²) in [6, 6.07) is 17.4. The third kappa shape index (κ3) is 4.78. The van der Waals surface area contributed by atoms with Crippen LogP contribution in [0.4, 0.5) is 0 Å². The highest BCUT2D eigenvalue weighted by atomic mass is 32.1. The first-order valence-corrected chi connectivity index (χ1v) is 10.7. The van der Waals surface area contributed by atoms with Crippen molar-refractivity contribution in [2.75, 3.05) is 0 Å². The zero-order chi connectivity index (χ0) is 21.8. The van der Waals surface area contributed by atoms with E-state index in [1.165, 1.54) is 11.4 Å². The molecule has 1 amide bonds. The molecule has 3 aromatic heterocycles. The van der Waals surface area contributed by atoms with E-state index >= 15 is 0 Å². The van der Waals surface area contributed by atoms with Gasteiger partial charge in [-0.2, -0.15) is 5.10 Å². The Hall–Kier alpha value is -3.58. The van der Waals surface area contributed by atoms with E-state index in [9.17, 15) is 4.79 Å². The van der Waals surface area contributed by atoms with E-state index < -0.39 is 5.91 Å². The fraction of sp³-hybridized carbons (Fsp3) is 0.167. The maximum absolute atomic E-state index is 12.2. The van der Waals surface area contributed by atoms with Crippen LogP contribution in [0, 0.1) is 20.8 Å². The fourth-order valence-corrected chi connectivity index (χ4v) is 4.01. The highest BCUT2D eigenvalue weighted by Crippen LogP contribution is 2.21. The Morgan fingerprint density at radius 1 is 1.06 bits per heavy atom. The minimum atomic E-state index is -0.404. The van der Waals surface area contributed by atoms with Crippen LogP contribution < -0.4 is 10.2 Å². The van der Waals surface area contributed by atoms with Gasteiger partial charge < -0.3 is 13.7 Å². The molecule has 0 aliphatic heterocycles. The van der Waals surface area contributed by atoms with Crippen LogP contribution in [0.2, 0.25) is 0 Å². The van der Waals surface area contributed by atoms with Crippen LogP contribution in [-0.4, -0.2) is 16.7 Å². The van der Waals surface area contributed by atoms with Crippen LogP contribution in [0.5, 0.6) is 5.75 Å². The molecule has 0 spiro atoms. The van der Waals surface area contributed by atoms with Gasteiger partial charge in [0.2, 0.25) is 0 Å². The van der Waals surface area contributed by atoms with E-state index in [2.05, 4.69) is 41.1 Å². The molecule has 0 unspecified atom stereocenters. The van der Waals surface area contributed by atoms with Gasteiger partial charge in [0.25, 0.3) is 0 Å². The van der Waals surface area contributed by atoms with Gasteiger partial charge in [-0.1, -0.05) is 0 Å². The molecular formula is C24H23N3O3S. The van der Waals surface area contributed by atoms with Crippen LogP contribution in [0.15, 0.2) is 69.5 Å². The summed E-state index contributed by atoms with van der Waals surface area (Å²) in [4.78, 5) is 13.2. The van der Waals surface area contributed by atoms with E-state index in [0.29, 0.717) is 5.76 Å². The zero-order valence-corrected chi connectivity index (χ0v) is 18.4. The van der Waals surface area contributed by atoms with Gasteiger partial charge in [0.15, 0.2) is 5.76 Å². The highest BCUT2D eigenvalue weighted by molar-refractivity contribution is 7.11. The molecule has 31 heavy (non-hydrogen) atoms. The number of carbonyl (C=O) groups excluding carboxylic acids is 1. The molecule has 0 saturated carbocycles. The van der Waals surface area contributed by atoms with Gasteiger partial charge in [0, 0.05) is 22.0 Å². The summed E-state index contributed by atoms with van der Waals surface area (Å²) in [7, 11) is 0. The number of carbonyl (C=O) groups is 1. The number of rotatable bonds is 7. The molecule has 1 N–H and O–H groups in total. The summed E-state index contributed by atoms with van der Waals surface area (Å²) in [5.74, 6) is 1.07. The number of hydrazone groups is 1. The quantitative estimate of drug-likeness (QED) is 0.313. The topological polar surface area (TPSA) is 68.8 Å². The monoisotopic (exact) mass is 433 g/mol. The van der Waals surface area contributed by atoms with E-state index in [-0.39, 0.29) is 12.4 Å². The van der Waals surface area contributed by atoms with E-state index in [4.69, 9.17) is 9.15 Å². The second-order valence-electron chi connectivity index (χ2n) is 7.17. The van der Waals surface area contributed by atoms with Crippen molar-refractivity contribution in [2.45, 2.75) is 27.4 Å². The molecule has 0 fully saturated rings. The maximum atomic E-state index is 12.2. The van der Waals surface area contributed by atoms with Gasteiger partial charge in [0.05, 0.1) is 6.21 Å². The van der Waals surface area contributed by atoms with Crippen molar-refractivity contribution in [1.29, 1.82) is 0 Å². The molecule has 4 aromatic rings. The largest absolute Gasteiger partial charge is 0.486 e. The van der Waals surface area contributed by atoms with E-state index in [1.54, 1.807) is 29.7 Å². The van der Waals surface area contributed by atoms with Gasteiger partial charge in [-0.25, -0.2) is 5.43 Å². The first-order valence-electron chi connectivity index (χ1n) is 9.85. The summed E-state index contributed by atoms with van der Waals surface area (Å²) < 4.78 is 13.6. The molecule has 0 aliphatic carbocycles. The average molecular weight is 434 g/mol. The molecule has 0 aliphatic rings. The predicted molar refractivity (Wildman–Crippen MR) is 122 cm³/mol. The normalized spacial score (nSPS) is 11.2. The second-order valence-corrected chi connectivity index (χ2v) is 8.11. The van der Waals surface area contributed by atoms with Crippen LogP contribution in [-0.2, 0) is 6.61 Å². The SMILES string of the molecule is Cc1ccsc1/C=N/NC(=O)c1ccc(COc2ccc(-n3c(C)ccc3C)cc2)o1. The molecule has 6 nitrogen and oxygen atoms in total. The number of aromatic nitrogens is 1. The number of nitrogens with zero attached hydrogens (tertiary/aromatic N) is 2. The molecule has 3 heterocycles. The number of hydrogen-bond donors (Lipinski definition) is 1. The van der Waals surface area contributed by atoms with Gasteiger partial charge in [-0.3, -0.25) is 4.79 Å². The van der Waals surface area contributed by atoms with Crippen molar-refractivity contribution >= 4 is 23.5 Å². The number of thiophene rings is 1. The van der Waals surface area contributed by atoms with Gasteiger partial charge in [-0.05, 0) is 86.3 Å².